The van der Waals surface area contributed by atoms with Crippen molar-refractivity contribution < 1.29 is 4.79 Å². The quantitative estimate of drug-likeness (QED) is 0.797. The van der Waals surface area contributed by atoms with Crippen LogP contribution < -0.4 is 4.90 Å². The van der Waals surface area contributed by atoms with Gasteiger partial charge in [-0.25, -0.2) is 9.97 Å². The van der Waals surface area contributed by atoms with Crippen LogP contribution in [-0.4, -0.2) is 56.8 Å². The molecule has 6 nitrogen and oxygen atoms in total. The first-order valence-corrected chi connectivity index (χ1v) is 8.62. The van der Waals surface area contributed by atoms with E-state index in [1.54, 1.807) is 12.4 Å². The number of carbonyl (C=O) groups excluding carboxylic acids is 1. The predicted octanol–water partition coefficient (Wildman–Crippen LogP) is 1.64. The molecule has 122 valence electrons. The first-order valence-electron chi connectivity index (χ1n) is 7.74. The normalized spacial score (nSPS) is 16.4. The van der Waals surface area contributed by atoms with E-state index >= 15 is 0 Å². The molecule has 2 aromatic heterocycles. The van der Waals surface area contributed by atoms with Gasteiger partial charge in [0, 0.05) is 51.8 Å². The maximum atomic E-state index is 12.6. The highest BCUT2D eigenvalue weighted by atomic mass is 32.2. The zero-order valence-corrected chi connectivity index (χ0v) is 14.2. The third-order valence-corrected chi connectivity index (χ3v) is 5.13. The van der Waals surface area contributed by atoms with Crippen molar-refractivity contribution in [2.75, 3.05) is 31.1 Å². The molecule has 0 saturated carbocycles. The second-order valence-corrected chi connectivity index (χ2v) is 6.89. The fraction of sp³-hybridized carbons (Fsp3) is 0.438. The average molecular weight is 331 g/mol. The van der Waals surface area contributed by atoms with E-state index in [2.05, 4.69) is 14.9 Å². The number of thioether (sulfide) groups is 1. The van der Waals surface area contributed by atoms with Gasteiger partial charge in [-0.3, -0.25) is 4.79 Å². The monoisotopic (exact) mass is 331 g/mol. The lowest BCUT2D eigenvalue weighted by molar-refractivity contribution is -0.130. The van der Waals surface area contributed by atoms with Gasteiger partial charge in [0.15, 0.2) is 5.16 Å². The molecule has 0 spiro atoms. The maximum absolute atomic E-state index is 12.6. The second-order valence-electron chi connectivity index (χ2n) is 5.58. The maximum Gasteiger partial charge on any atom is 0.236 e. The summed E-state index contributed by atoms with van der Waals surface area (Å²) >= 11 is 1.51. The van der Waals surface area contributed by atoms with Crippen molar-refractivity contribution in [3.63, 3.8) is 0 Å². The molecule has 1 aliphatic rings. The van der Waals surface area contributed by atoms with Gasteiger partial charge in [-0.05, 0) is 19.1 Å². The van der Waals surface area contributed by atoms with Crippen LogP contribution >= 0.6 is 11.8 Å². The Hall–Kier alpha value is -2.02. The molecule has 0 aromatic carbocycles. The van der Waals surface area contributed by atoms with Crippen LogP contribution in [0.25, 0.3) is 0 Å². The Labute approximate surface area is 140 Å². The third kappa shape index (κ3) is 3.67. The van der Waals surface area contributed by atoms with Crippen LogP contribution in [-0.2, 0) is 11.8 Å². The fourth-order valence-corrected chi connectivity index (χ4v) is 3.54. The third-order valence-electron chi connectivity index (χ3n) is 3.97. The molecule has 2 aromatic rings. The zero-order chi connectivity index (χ0) is 16.2. The first-order chi connectivity index (χ1) is 11.1. The Balaban J connectivity index is 1.55. The van der Waals surface area contributed by atoms with Gasteiger partial charge in [0.2, 0.25) is 5.91 Å². The Kier molecular flexibility index (Phi) is 4.85. The van der Waals surface area contributed by atoms with Crippen LogP contribution in [0.5, 0.6) is 0 Å². The minimum atomic E-state index is -0.127. The number of aromatic nitrogens is 3. The van der Waals surface area contributed by atoms with Crippen LogP contribution in [0.3, 0.4) is 0 Å². The number of hydrogen-bond donors (Lipinski definition) is 0. The molecule has 1 atom stereocenters. The summed E-state index contributed by atoms with van der Waals surface area (Å²) in [5, 5.41) is 0.746. The smallest absolute Gasteiger partial charge is 0.236 e. The van der Waals surface area contributed by atoms with Crippen molar-refractivity contribution in [1.82, 2.24) is 19.4 Å². The molecular formula is C16H21N5OS. The molecule has 7 heteroatoms. The highest BCUT2D eigenvalue weighted by Crippen LogP contribution is 2.23. The molecule has 1 amide bonds. The zero-order valence-electron chi connectivity index (χ0n) is 13.4. The van der Waals surface area contributed by atoms with Crippen molar-refractivity contribution in [2.24, 2.45) is 7.05 Å². The number of nitrogens with zero attached hydrogens (tertiary/aromatic N) is 5. The summed E-state index contributed by atoms with van der Waals surface area (Å²) in [7, 11) is 1.94. The highest BCUT2D eigenvalue weighted by molar-refractivity contribution is 8.00. The van der Waals surface area contributed by atoms with Crippen molar-refractivity contribution >= 4 is 23.5 Å². The number of anilines is 1. The summed E-state index contributed by atoms with van der Waals surface area (Å²) in [6.45, 7) is 5.07. The lowest BCUT2D eigenvalue weighted by Crippen LogP contribution is -2.50. The molecule has 0 bridgehead atoms. The number of amides is 1. The summed E-state index contributed by atoms with van der Waals surface area (Å²) < 4.78 is 1.94. The Morgan fingerprint density at radius 1 is 1.17 bits per heavy atom. The molecule has 1 unspecified atom stereocenters. The summed E-state index contributed by atoms with van der Waals surface area (Å²) in [6.07, 6.45) is 5.45. The molecule has 0 aliphatic carbocycles. The second kappa shape index (κ2) is 7.04. The minimum Gasteiger partial charge on any atom is -0.353 e. The van der Waals surface area contributed by atoms with Gasteiger partial charge in [0.05, 0.1) is 5.25 Å². The van der Waals surface area contributed by atoms with Crippen LogP contribution in [0.2, 0.25) is 0 Å². The van der Waals surface area contributed by atoms with Crippen molar-refractivity contribution in [3.8, 4) is 0 Å². The minimum absolute atomic E-state index is 0.127. The van der Waals surface area contributed by atoms with Gasteiger partial charge in [0.1, 0.15) is 5.82 Å². The van der Waals surface area contributed by atoms with Crippen molar-refractivity contribution in [2.45, 2.75) is 17.3 Å². The molecule has 3 rings (SSSR count). The predicted molar refractivity (Wildman–Crippen MR) is 91.6 cm³/mol. The van der Waals surface area contributed by atoms with E-state index < -0.39 is 0 Å². The van der Waals surface area contributed by atoms with Gasteiger partial charge in [-0.15, -0.1) is 0 Å². The molecule has 0 radical (unpaired) electrons. The van der Waals surface area contributed by atoms with Crippen LogP contribution in [0.4, 0.5) is 5.82 Å². The number of piperazine rings is 1. The summed E-state index contributed by atoms with van der Waals surface area (Å²) in [6, 6.07) is 5.92. The van der Waals surface area contributed by atoms with E-state index in [-0.39, 0.29) is 11.2 Å². The Morgan fingerprint density at radius 2 is 1.96 bits per heavy atom. The molecule has 3 heterocycles. The average Bonchev–Trinajstić information content (AvgIpc) is 3.00. The Bertz CT molecular complexity index is 652. The molecular weight excluding hydrogens is 310 g/mol. The number of aryl methyl sites for hydroxylation is 1. The number of pyridine rings is 1. The largest absolute Gasteiger partial charge is 0.353 e. The number of carbonyl (C=O) groups is 1. The topological polar surface area (TPSA) is 54.3 Å². The van der Waals surface area contributed by atoms with Gasteiger partial charge in [-0.1, -0.05) is 17.8 Å². The molecule has 0 N–H and O–H groups in total. The van der Waals surface area contributed by atoms with Crippen LogP contribution in [0.15, 0.2) is 41.9 Å². The van der Waals surface area contributed by atoms with E-state index in [1.165, 1.54) is 11.8 Å². The van der Waals surface area contributed by atoms with E-state index in [0.717, 1.165) is 37.2 Å². The number of hydrogen-bond acceptors (Lipinski definition) is 5. The van der Waals surface area contributed by atoms with Crippen molar-refractivity contribution in [3.05, 3.63) is 36.8 Å². The fourth-order valence-electron chi connectivity index (χ4n) is 2.63. The SMILES string of the molecule is CC(Sc1nccn1C)C(=O)N1CCN(c2ccccn2)CC1. The van der Waals surface area contributed by atoms with E-state index in [4.69, 9.17) is 0 Å². The van der Waals surface area contributed by atoms with Crippen molar-refractivity contribution in [1.29, 1.82) is 0 Å². The van der Waals surface area contributed by atoms with Crippen LogP contribution in [0, 0.1) is 0 Å². The molecule has 1 aliphatic heterocycles. The Morgan fingerprint density at radius 3 is 2.57 bits per heavy atom. The molecule has 23 heavy (non-hydrogen) atoms. The van der Waals surface area contributed by atoms with E-state index in [1.807, 2.05) is 47.8 Å². The lowest BCUT2D eigenvalue weighted by atomic mass is 10.2. The van der Waals surface area contributed by atoms with Gasteiger partial charge in [-0.2, -0.15) is 0 Å². The van der Waals surface area contributed by atoms with Crippen LogP contribution in [0.1, 0.15) is 6.92 Å². The molecule has 1 fully saturated rings. The summed E-state index contributed by atoms with van der Waals surface area (Å²) in [5.41, 5.74) is 0. The highest BCUT2D eigenvalue weighted by Gasteiger charge is 2.26. The number of imidazole rings is 1. The molecule has 1 saturated heterocycles. The number of rotatable bonds is 4. The lowest BCUT2D eigenvalue weighted by Gasteiger charge is -2.36. The summed E-state index contributed by atoms with van der Waals surface area (Å²) in [5.74, 6) is 1.16. The van der Waals surface area contributed by atoms with Gasteiger partial charge >= 0.3 is 0 Å². The standard InChI is InChI=1S/C16H21N5OS/c1-13(23-16-18-7-8-19(16)2)15(22)21-11-9-20(10-12-21)14-5-3-4-6-17-14/h3-8,13H,9-12H2,1-2H3. The van der Waals surface area contributed by atoms with Gasteiger partial charge in [0.25, 0.3) is 0 Å². The first kappa shape index (κ1) is 15.9. The van der Waals surface area contributed by atoms with Gasteiger partial charge < -0.3 is 14.4 Å². The summed E-state index contributed by atoms with van der Waals surface area (Å²) in [4.78, 5) is 25.4. The van der Waals surface area contributed by atoms with E-state index in [0.29, 0.717) is 0 Å². The van der Waals surface area contributed by atoms with E-state index in [9.17, 15) is 4.79 Å².